The number of benzene rings is 1. The van der Waals surface area contributed by atoms with Gasteiger partial charge in [0.15, 0.2) is 5.78 Å². The van der Waals surface area contributed by atoms with Crippen LogP contribution in [0.15, 0.2) is 24.3 Å². The van der Waals surface area contributed by atoms with Gasteiger partial charge in [0.2, 0.25) is 11.8 Å². The Labute approximate surface area is 164 Å². The van der Waals surface area contributed by atoms with Gasteiger partial charge in [-0.05, 0) is 31.4 Å². The molecule has 2 fully saturated rings. The van der Waals surface area contributed by atoms with E-state index in [9.17, 15) is 14.4 Å². The molecule has 3 aliphatic heterocycles. The Balaban J connectivity index is 1.36. The second kappa shape index (κ2) is 7.91. The predicted molar refractivity (Wildman–Crippen MR) is 101 cm³/mol. The fourth-order valence-corrected chi connectivity index (χ4v) is 4.23. The standard InChI is InChI=1S/C21H26N2O5/c24-17-12-21(28-18-6-2-1-5-16(17)18)8-7-20(26)23(10-9-21)14-19(25)22-13-15-4-3-11-27-15/h1-2,5-6,15H,3-4,7-14H2,(H,22,25). The number of amides is 2. The van der Waals surface area contributed by atoms with E-state index in [0.717, 1.165) is 19.4 Å². The van der Waals surface area contributed by atoms with Crippen LogP contribution in [0.1, 0.15) is 48.9 Å². The summed E-state index contributed by atoms with van der Waals surface area (Å²) >= 11 is 0. The average molecular weight is 386 g/mol. The number of carbonyl (C=O) groups excluding carboxylic acids is 3. The Morgan fingerprint density at radius 1 is 1.25 bits per heavy atom. The van der Waals surface area contributed by atoms with Crippen LogP contribution in [0.2, 0.25) is 0 Å². The van der Waals surface area contributed by atoms with Crippen LogP contribution >= 0.6 is 0 Å². The number of likely N-dealkylation sites (tertiary alicyclic amines) is 1. The van der Waals surface area contributed by atoms with Gasteiger partial charge in [0, 0.05) is 32.5 Å². The Bertz CT molecular complexity index is 774. The fraction of sp³-hybridized carbons (Fsp3) is 0.571. The summed E-state index contributed by atoms with van der Waals surface area (Å²) < 4.78 is 11.7. The number of ketones is 1. The molecule has 1 spiro atoms. The van der Waals surface area contributed by atoms with Crippen LogP contribution in [-0.2, 0) is 14.3 Å². The number of fused-ring (bicyclic) bond motifs is 1. The molecular formula is C21H26N2O5. The number of rotatable bonds is 4. The zero-order valence-corrected chi connectivity index (χ0v) is 15.9. The molecule has 3 aliphatic rings. The number of Topliss-reactive ketones (excluding diaryl/α,β-unsaturated/α-hetero) is 1. The topological polar surface area (TPSA) is 84.9 Å². The average Bonchev–Trinajstić information content (AvgIpc) is 3.17. The lowest BCUT2D eigenvalue weighted by Gasteiger charge is -2.37. The van der Waals surface area contributed by atoms with Crippen LogP contribution in [0.25, 0.3) is 0 Å². The third kappa shape index (κ3) is 4.04. The molecule has 7 heteroatoms. The maximum Gasteiger partial charge on any atom is 0.239 e. The molecule has 3 heterocycles. The van der Waals surface area contributed by atoms with Crippen molar-refractivity contribution in [3.05, 3.63) is 29.8 Å². The molecule has 2 atom stereocenters. The molecular weight excluding hydrogens is 360 g/mol. The molecule has 7 nitrogen and oxygen atoms in total. The molecule has 0 aromatic heterocycles. The molecule has 2 saturated heterocycles. The van der Waals surface area contributed by atoms with E-state index in [4.69, 9.17) is 9.47 Å². The van der Waals surface area contributed by atoms with Crippen LogP contribution in [-0.4, -0.2) is 60.4 Å². The van der Waals surface area contributed by atoms with Gasteiger partial charge < -0.3 is 19.7 Å². The highest BCUT2D eigenvalue weighted by atomic mass is 16.5. The van der Waals surface area contributed by atoms with Gasteiger partial charge in [0.05, 0.1) is 24.6 Å². The number of ether oxygens (including phenoxy) is 2. The Hall–Kier alpha value is -2.41. The van der Waals surface area contributed by atoms with Gasteiger partial charge in [-0.2, -0.15) is 0 Å². The summed E-state index contributed by atoms with van der Waals surface area (Å²) in [7, 11) is 0. The minimum absolute atomic E-state index is 0.0339. The molecule has 2 unspecified atom stereocenters. The van der Waals surface area contributed by atoms with E-state index < -0.39 is 5.60 Å². The van der Waals surface area contributed by atoms with Gasteiger partial charge in [-0.15, -0.1) is 0 Å². The van der Waals surface area contributed by atoms with Crippen molar-refractivity contribution in [2.24, 2.45) is 0 Å². The number of hydrogen-bond acceptors (Lipinski definition) is 5. The second-order valence-electron chi connectivity index (χ2n) is 7.89. The maximum absolute atomic E-state index is 12.6. The third-order valence-electron chi connectivity index (χ3n) is 5.87. The smallest absolute Gasteiger partial charge is 0.239 e. The summed E-state index contributed by atoms with van der Waals surface area (Å²) in [6, 6.07) is 7.25. The van der Waals surface area contributed by atoms with Crippen molar-refractivity contribution < 1.29 is 23.9 Å². The Morgan fingerprint density at radius 2 is 2.11 bits per heavy atom. The van der Waals surface area contributed by atoms with Crippen molar-refractivity contribution in [1.29, 1.82) is 0 Å². The van der Waals surface area contributed by atoms with Crippen LogP contribution < -0.4 is 10.1 Å². The summed E-state index contributed by atoms with van der Waals surface area (Å²) in [5.74, 6) is 0.399. The highest BCUT2D eigenvalue weighted by Crippen LogP contribution is 2.39. The molecule has 1 aromatic rings. The summed E-state index contributed by atoms with van der Waals surface area (Å²) in [4.78, 5) is 39.0. The normalized spacial score (nSPS) is 27.3. The van der Waals surface area contributed by atoms with Crippen LogP contribution in [0.3, 0.4) is 0 Å². The first-order chi connectivity index (χ1) is 13.5. The summed E-state index contributed by atoms with van der Waals surface area (Å²) in [5, 5.41) is 2.86. The van der Waals surface area contributed by atoms with Gasteiger partial charge in [0.25, 0.3) is 0 Å². The SMILES string of the molecule is O=C(CN1CCC2(CCC1=O)CC(=O)c1ccccc1O2)NCC1CCCO1. The molecule has 1 aromatic carbocycles. The molecule has 2 amide bonds. The fourth-order valence-electron chi connectivity index (χ4n) is 4.23. The van der Waals surface area contributed by atoms with Crippen LogP contribution in [0.5, 0.6) is 5.75 Å². The first-order valence-corrected chi connectivity index (χ1v) is 10.0. The van der Waals surface area contributed by atoms with Crippen molar-refractivity contribution >= 4 is 17.6 Å². The van der Waals surface area contributed by atoms with Crippen molar-refractivity contribution in [2.45, 2.75) is 50.2 Å². The van der Waals surface area contributed by atoms with Gasteiger partial charge in [-0.25, -0.2) is 0 Å². The van der Waals surface area contributed by atoms with Gasteiger partial charge in [-0.1, -0.05) is 12.1 Å². The third-order valence-corrected chi connectivity index (χ3v) is 5.87. The first kappa shape index (κ1) is 18.9. The van der Waals surface area contributed by atoms with E-state index in [-0.39, 0.29) is 43.1 Å². The van der Waals surface area contributed by atoms with Crippen LogP contribution in [0.4, 0.5) is 0 Å². The number of hydrogen-bond donors (Lipinski definition) is 1. The summed E-state index contributed by atoms with van der Waals surface area (Å²) in [6.45, 7) is 1.67. The van der Waals surface area contributed by atoms with E-state index in [1.165, 1.54) is 0 Å². The number of carbonyl (C=O) groups is 3. The Kier molecular flexibility index (Phi) is 5.35. The lowest BCUT2D eigenvalue weighted by Crippen LogP contribution is -2.44. The molecule has 0 aliphatic carbocycles. The van der Waals surface area contributed by atoms with Crippen molar-refractivity contribution in [3.63, 3.8) is 0 Å². The maximum atomic E-state index is 12.6. The second-order valence-corrected chi connectivity index (χ2v) is 7.89. The van der Waals surface area contributed by atoms with E-state index in [2.05, 4.69) is 5.32 Å². The molecule has 0 bridgehead atoms. The highest BCUT2D eigenvalue weighted by Gasteiger charge is 2.43. The zero-order valence-electron chi connectivity index (χ0n) is 15.9. The molecule has 150 valence electrons. The van der Waals surface area contributed by atoms with Crippen molar-refractivity contribution in [1.82, 2.24) is 10.2 Å². The first-order valence-electron chi connectivity index (χ1n) is 10.0. The van der Waals surface area contributed by atoms with Gasteiger partial charge >= 0.3 is 0 Å². The van der Waals surface area contributed by atoms with E-state index in [1.54, 1.807) is 17.0 Å². The lowest BCUT2D eigenvalue weighted by molar-refractivity contribution is -0.135. The van der Waals surface area contributed by atoms with Crippen molar-refractivity contribution in [2.75, 3.05) is 26.2 Å². The van der Waals surface area contributed by atoms with E-state index >= 15 is 0 Å². The molecule has 0 saturated carbocycles. The summed E-state index contributed by atoms with van der Waals surface area (Å²) in [5.41, 5.74) is -0.0571. The highest BCUT2D eigenvalue weighted by molar-refractivity contribution is 6.00. The lowest BCUT2D eigenvalue weighted by atomic mass is 9.84. The largest absolute Gasteiger partial charge is 0.486 e. The van der Waals surface area contributed by atoms with Crippen molar-refractivity contribution in [3.8, 4) is 5.75 Å². The van der Waals surface area contributed by atoms with Gasteiger partial charge in [0.1, 0.15) is 11.4 Å². The summed E-state index contributed by atoms with van der Waals surface area (Å²) in [6.07, 6.45) is 3.63. The Morgan fingerprint density at radius 3 is 2.93 bits per heavy atom. The number of nitrogens with zero attached hydrogens (tertiary/aromatic N) is 1. The monoisotopic (exact) mass is 386 g/mol. The predicted octanol–water partition coefficient (Wildman–Crippen LogP) is 1.70. The molecule has 1 N–H and O–H groups in total. The quantitative estimate of drug-likeness (QED) is 0.851. The number of nitrogens with one attached hydrogen (secondary N) is 1. The zero-order chi connectivity index (χ0) is 19.6. The van der Waals surface area contributed by atoms with E-state index in [1.807, 2.05) is 12.1 Å². The molecule has 0 radical (unpaired) electrons. The van der Waals surface area contributed by atoms with Crippen LogP contribution in [0, 0.1) is 0 Å². The van der Waals surface area contributed by atoms with Gasteiger partial charge in [-0.3, -0.25) is 14.4 Å². The molecule has 4 rings (SSSR count). The van der Waals surface area contributed by atoms with E-state index in [0.29, 0.717) is 37.2 Å². The molecule has 28 heavy (non-hydrogen) atoms. The minimum atomic E-state index is -0.663. The minimum Gasteiger partial charge on any atom is -0.486 e. The number of para-hydroxylation sites is 1.